The Hall–Kier alpha value is -0.960. The van der Waals surface area contributed by atoms with Gasteiger partial charge in [0.05, 0.1) is 5.88 Å². The maximum absolute atomic E-state index is 12.6. The van der Waals surface area contributed by atoms with E-state index >= 15 is 0 Å². The van der Waals surface area contributed by atoms with Gasteiger partial charge >= 0.3 is 0 Å². The fraction of sp³-hybridized carbons (Fsp3) is 0.364. The van der Waals surface area contributed by atoms with Crippen LogP contribution in [0.4, 0.5) is 8.78 Å². The van der Waals surface area contributed by atoms with Crippen LogP contribution in [0.15, 0.2) is 18.2 Å². The van der Waals surface area contributed by atoms with Crippen molar-refractivity contribution < 1.29 is 13.6 Å². The van der Waals surface area contributed by atoms with Crippen LogP contribution in [0.2, 0.25) is 0 Å². The fourth-order valence-corrected chi connectivity index (χ4v) is 1.51. The van der Waals surface area contributed by atoms with Gasteiger partial charge in [-0.25, -0.2) is 8.78 Å². The zero-order chi connectivity index (χ0) is 11.4. The van der Waals surface area contributed by atoms with Crippen LogP contribution in [0.5, 0.6) is 0 Å². The normalized spacial score (nSPS) is 10.7. The van der Waals surface area contributed by atoms with E-state index in [-0.39, 0.29) is 23.6 Å². The molecule has 0 heterocycles. The Morgan fingerprint density at radius 1 is 1.47 bits per heavy atom. The molecule has 0 amide bonds. The number of carbonyl (C=O) groups excluding carboxylic acids is 1. The third-order valence-corrected chi connectivity index (χ3v) is 2.50. The number of carbonyl (C=O) groups is 1. The van der Waals surface area contributed by atoms with Gasteiger partial charge in [0.25, 0.3) is 6.43 Å². The molecule has 1 nitrogen and oxygen atoms in total. The average molecular weight is 233 g/mol. The maximum atomic E-state index is 12.6. The van der Waals surface area contributed by atoms with Crippen molar-refractivity contribution in [2.75, 3.05) is 5.88 Å². The summed E-state index contributed by atoms with van der Waals surface area (Å²) in [5.74, 6) is -0.385. The maximum Gasteiger partial charge on any atom is 0.264 e. The first-order chi connectivity index (χ1) is 7.06. The van der Waals surface area contributed by atoms with Crippen LogP contribution in [-0.2, 0) is 11.2 Å². The molecule has 0 aliphatic heterocycles. The standard InChI is InChI=1S/C11H11ClF2O/c1-7-3-2-4-9(11(13)14)10(7)5-8(15)6-12/h2-4,11H,5-6H2,1H3. The molecule has 0 aromatic heterocycles. The molecule has 0 aliphatic rings. The van der Waals surface area contributed by atoms with E-state index in [4.69, 9.17) is 11.6 Å². The molecule has 0 saturated carbocycles. The summed E-state index contributed by atoms with van der Waals surface area (Å²) in [4.78, 5) is 11.1. The van der Waals surface area contributed by atoms with Crippen molar-refractivity contribution in [3.05, 3.63) is 34.9 Å². The van der Waals surface area contributed by atoms with Crippen molar-refractivity contribution in [1.29, 1.82) is 0 Å². The molecule has 0 radical (unpaired) electrons. The molecule has 4 heteroatoms. The van der Waals surface area contributed by atoms with E-state index in [2.05, 4.69) is 0 Å². The highest BCUT2D eigenvalue weighted by molar-refractivity contribution is 6.27. The van der Waals surface area contributed by atoms with Crippen molar-refractivity contribution in [1.82, 2.24) is 0 Å². The van der Waals surface area contributed by atoms with Crippen LogP contribution in [0.25, 0.3) is 0 Å². The summed E-state index contributed by atoms with van der Waals surface area (Å²) in [6, 6.07) is 4.61. The summed E-state index contributed by atoms with van der Waals surface area (Å²) in [5, 5.41) is 0. The number of aryl methyl sites for hydroxylation is 1. The second kappa shape index (κ2) is 5.21. The second-order valence-corrected chi connectivity index (χ2v) is 3.56. The van der Waals surface area contributed by atoms with E-state index < -0.39 is 6.43 Å². The summed E-state index contributed by atoms with van der Waals surface area (Å²) >= 11 is 5.35. The van der Waals surface area contributed by atoms with Gasteiger partial charge in [0.1, 0.15) is 0 Å². The van der Waals surface area contributed by atoms with Crippen LogP contribution in [0.1, 0.15) is 23.1 Å². The Morgan fingerprint density at radius 2 is 2.13 bits per heavy atom. The van der Waals surface area contributed by atoms with Crippen molar-refractivity contribution in [2.24, 2.45) is 0 Å². The number of benzene rings is 1. The van der Waals surface area contributed by atoms with E-state index in [1.54, 1.807) is 19.1 Å². The van der Waals surface area contributed by atoms with Gasteiger partial charge < -0.3 is 0 Å². The van der Waals surface area contributed by atoms with Crippen LogP contribution >= 0.6 is 11.6 Å². The zero-order valence-electron chi connectivity index (χ0n) is 8.27. The Bertz CT molecular complexity index is 364. The Labute approximate surface area is 92.1 Å². The molecule has 0 unspecified atom stereocenters. The lowest BCUT2D eigenvalue weighted by atomic mass is 9.98. The molecular weight excluding hydrogens is 222 g/mol. The summed E-state index contributed by atoms with van der Waals surface area (Å²) in [6.45, 7) is 1.71. The molecule has 0 fully saturated rings. The highest BCUT2D eigenvalue weighted by Crippen LogP contribution is 2.25. The van der Waals surface area contributed by atoms with Crippen molar-refractivity contribution in [2.45, 2.75) is 19.8 Å². The lowest BCUT2D eigenvalue weighted by Gasteiger charge is -2.10. The van der Waals surface area contributed by atoms with Gasteiger partial charge in [-0.05, 0) is 18.1 Å². The predicted octanol–water partition coefficient (Wildman–Crippen LogP) is 3.28. The molecule has 0 saturated heterocycles. The first-order valence-electron chi connectivity index (χ1n) is 4.50. The van der Waals surface area contributed by atoms with E-state index in [0.29, 0.717) is 11.1 Å². The number of halogens is 3. The van der Waals surface area contributed by atoms with Gasteiger partial charge in [-0.15, -0.1) is 11.6 Å². The quantitative estimate of drug-likeness (QED) is 0.728. The number of hydrogen-bond donors (Lipinski definition) is 0. The van der Waals surface area contributed by atoms with Crippen LogP contribution in [-0.4, -0.2) is 11.7 Å². The smallest absolute Gasteiger partial charge is 0.264 e. The number of ketones is 1. The molecule has 0 N–H and O–H groups in total. The molecule has 0 bridgehead atoms. The molecule has 1 aromatic rings. The van der Waals surface area contributed by atoms with Crippen LogP contribution in [0.3, 0.4) is 0 Å². The fourth-order valence-electron chi connectivity index (χ4n) is 1.42. The highest BCUT2D eigenvalue weighted by Gasteiger charge is 2.16. The number of hydrogen-bond acceptors (Lipinski definition) is 1. The van der Waals surface area contributed by atoms with Crippen molar-refractivity contribution in [3.63, 3.8) is 0 Å². The Morgan fingerprint density at radius 3 is 2.67 bits per heavy atom. The minimum Gasteiger partial charge on any atom is -0.298 e. The third-order valence-electron chi connectivity index (χ3n) is 2.20. The Kier molecular flexibility index (Phi) is 4.21. The summed E-state index contributed by atoms with van der Waals surface area (Å²) < 4.78 is 25.2. The average Bonchev–Trinajstić information content (AvgIpc) is 2.20. The van der Waals surface area contributed by atoms with Gasteiger partial charge in [0, 0.05) is 12.0 Å². The molecule has 0 spiro atoms. The first-order valence-corrected chi connectivity index (χ1v) is 5.04. The Balaban J connectivity index is 3.07. The van der Waals surface area contributed by atoms with Gasteiger partial charge in [0.15, 0.2) is 5.78 Å². The number of alkyl halides is 3. The first kappa shape index (κ1) is 12.1. The highest BCUT2D eigenvalue weighted by atomic mass is 35.5. The molecule has 1 aromatic carbocycles. The summed E-state index contributed by atoms with van der Waals surface area (Å²) in [7, 11) is 0. The largest absolute Gasteiger partial charge is 0.298 e. The molecule has 15 heavy (non-hydrogen) atoms. The van der Waals surface area contributed by atoms with Crippen LogP contribution in [0, 0.1) is 6.92 Å². The van der Waals surface area contributed by atoms with Crippen molar-refractivity contribution >= 4 is 17.4 Å². The monoisotopic (exact) mass is 232 g/mol. The van der Waals surface area contributed by atoms with E-state index in [9.17, 15) is 13.6 Å². The van der Waals surface area contributed by atoms with Crippen LogP contribution < -0.4 is 0 Å². The third kappa shape index (κ3) is 2.99. The summed E-state index contributed by atoms with van der Waals surface area (Å²) in [5.41, 5.74) is 1.03. The topological polar surface area (TPSA) is 17.1 Å². The number of rotatable bonds is 4. The second-order valence-electron chi connectivity index (χ2n) is 3.29. The minimum atomic E-state index is -2.55. The lowest BCUT2D eigenvalue weighted by Crippen LogP contribution is -2.08. The molecule has 82 valence electrons. The molecular formula is C11H11ClF2O. The molecule has 0 atom stereocenters. The lowest BCUT2D eigenvalue weighted by molar-refractivity contribution is -0.116. The minimum absolute atomic E-state index is 0.0180. The number of Topliss-reactive ketones (excluding diaryl/α,β-unsaturated/α-hetero) is 1. The van der Waals surface area contributed by atoms with Gasteiger partial charge in [-0.3, -0.25) is 4.79 Å². The van der Waals surface area contributed by atoms with E-state index in [1.807, 2.05) is 0 Å². The van der Waals surface area contributed by atoms with Gasteiger partial charge in [-0.2, -0.15) is 0 Å². The molecule has 1 rings (SSSR count). The molecule has 0 aliphatic carbocycles. The summed E-state index contributed by atoms with van der Waals surface area (Å²) in [6.07, 6.45) is -2.57. The van der Waals surface area contributed by atoms with Gasteiger partial charge in [-0.1, -0.05) is 18.2 Å². The van der Waals surface area contributed by atoms with E-state index in [0.717, 1.165) is 0 Å². The SMILES string of the molecule is Cc1cccc(C(F)F)c1CC(=O)CCl. The predicted molar refractivity (Wildman–Crippen MR) is 55.6 cm³/mol. The van der Waals surface area contributed by atoms with Gasteiger partial charge in [0.2, 0.25) is 0 Å². The zero-order valence-corrected chi connectivity index (χ0v) is 9.02. The van der Waals surface area contributed by atoms with Crippen molar-refractivity contribution in [3.8, 4) is 0 Å². The van der Waals surface area contributed by atoms with E-state index in [1.165, 1.54) is 6.07 Å².